The maximum atomic E-state index is 11.2. The lowest BCUT2D eigenvalue weighted by molar-refractivity contribution is -0.128. The maximum absolute atomic E-state index is 11.2. The Bertz CT molecular complexity index is 270. The summed E-state index contributed by atoms with van der Waals surface area (Å²) in [5.41, 5.74) is 1.50. The molecule has 1 aliphatic carbocycles. The molecule has 1 aliphatic rings. The summed E-state index contributed by atoms with van der Waals surface area (Å²) in [6.07, 6.45) is 3.54. The van der Waals surface area contributed by atoms with Crippen molar-refractivity contribution in [2.45, 2.75) is 34.1 Å². The summed E-state index contributed by atoms with van der Waals surface area (Å²) < 4.78 is 0. The second-order valence-corrected chi connectivity index (χ2v) is 5.12. The maximum Gasteiger partial charge on any atom is 0.219 e. The minimum atomic E-state index is 0.167. The topological polar surface area (TPSA) is 20.3 Å². The van der Waals surface area contributed by atoms with Crippen LogP contribution in [0, 0.1) is 17.8 Å². The summed E-state index contributed by atoms with van der Waals surface area (Å²) in [6.45, 7) is 9.29. The quantitative estimate of drug-likeness (QED) is 0.640. The largest absolute Gasteiger partial charge is 0.346 e. The molecule has 0 spiro atoms. The highest BCUT2D eigenvalue weighted by Crippen LogP contribution is 2.33. The van der Waals surface area contributed by atoms with E-state index in [2.05, 4.69) is 26.8 Å². The van der Waals surface area contributed by atoms with Crippen LogP contribution in [0.15, 0.2) is 11.6 Å². The van der Waals surface area contributed by atoms with Crippen LogP contribution in [0.4, 0.5) is 0 Å². The second kappa shape index (κ2) is 4.82. The van der Waals surface area contributed by atoms with E-state index in [1.54, 1.807) is 6.92 Å². The predicted octanol–water partition coefficient (Wildman–Crippen LogP) is 2.70. The van der Waals surface area contributed by atoms with Gasteiger partial charge in [-0.15, -0.1) is 0 Å². The monoisotopic (exact) mass is 209 g/mol. The Morgan fingerprint density at radius 2 is 2.13 bits per heavy atom. The molecule has 2 nitrogen and oxygen atoms in total. The molecule has 0 aliphatic heterocycles. The van der Waals surface area contributed by atoms with E-state index in [1.165, 1.54) is 12.0 Å². The Balaban J connectivity index is 2.65. The molecule has 0 saturated heterocycles. The number of amides is 1. The van der Waals surface area contributed by atoms with Gasteiger partial charge < -0.3 is 4.90 Å². The summed E-state index contributed by atoms with van der Waals surface area (Å²) in [4.78, 5) is 13.0. The molecule has 3 atom stereocenters. The normalized spacial score (nSPS) is 31.0. The first kappa shape index (κ1) is 12.3. The van der Waals surface area contributed by atoms with Crippen molar-refractivity contribution in [1.29, 1.82) is 0 Å². The second-order valence-electron chi connectivity index (χ2n) is 5.12. The van der Waals surface area contributed by atoms with Crippen molar-refractivity contribution >= 4 is 5.91 Å². The Hall–Kier alpha value is -0.790. The van der Waals surface area contributed by atoms with Gasteiger partial charge in [-0.05, 0) is 31.1 Å². The average Bonchev–Trinajstić information content (AvgIpc) is 2.10. The smallest absolute Gasteiger partial charge is 0.219 e. The van der Waals surface area contributed by atoms with Gasteiger partial charge in [-0.25, -0.2) is 0 Å². The lowest BCUT2D eigenvalue weighted by atomic mass is 9.75. The highest BCUT2D eigenvalue weighted by Gasteiger charge is 2.28. The summed E-state index contributed by atoms with van der Waals surface area (Å²) >= 11 is 0. The van der Waals surface area contributed by atoms with Crippen LogP contribution >= 0.6 is 0 Å². The highest BCUT2D eigenvalue weighted by atomic mass is 16.2. The van der Waals surface area contributed by atoms with Gasteiger partial charge in [0.05, 0.1) is 0 Å². The fraction of sp³-hybridized carbons (Fsp3) is 0.769. The third-order valence-electron chi connectivity index (χ3n) is 3.62. The standard InChI is InChI=1S/C13H23NO/c1-9-6-10(2)13(11(3)7-9)8-14(5)12(4)15/h6,10-11,13H,7-8H2,1-5H3/t10-,11-,13+/m1/s1. The first-order valence-corrected chi connectivity index (χ1v) is 5.80. The molecule has 0 aromatic carbocycles. The summed E-state index contributed by atoms with van der Waals surface area (Å²) in [5, 5.41) is 0. The zero-order chi connectivity index (χ0) is 11.6. The molecule has 0 aromatic rings. The van der Waals surface area contributed by atoms with Gasteiger partial charge in [-0.3, -0.25) is 4.79 Å². The first-order chi connectivity index (χ1) is 6.91. The van der Waals surface area contributed by atoms with E-state index in [4.69, 9.17) is 0 Å². The first-order valence-electron chi connectivity index (χ1n) is 5.80. The van der Waals surface area contributed by atoms with Gasteiger partial charge in [-0.2, -0.15) is 0 Å². The van der Waals surface area contributed by atoms with E-state index in [9.17, 15) is 4.79 Å². The number of allylic oxidation sites excluding steroid dienone is 2. The lowest BCUT2D eigenvalue weighted by Crippen LogP contribution is -2.36. The molecule has 0 aromatic heterocycles. The summed E-state index contributed by atoms with van der Waals surface area (Å²) in [5.74, 6) is 2.06. The Kier molecular flexibility index (Phi) is 3.95. The van der Waals surface area contributed by atoms with Crippen LogP contribution in [0.2, 0.25) is 0 Å². The van der Waals surface area contributed by atoms with E-state index in [-0.39, 0.29) is 5.91 Å². The zero-order valence-corrected chi connectivity index (χ0v) is 10.6. The van der Waals surface area contributed by atoms with Crippen LogP contribution < -0.4 is 0 Å². The van der Waals surface area contributed by atoms with Crippen molar-refractivity contribution in [3.05, 3.63) is 11.6 Å². The highest BCUT2D eigenvalue weighted by molar-refractivity contribution is 5.72. The molecule has 0 N–H and O–H groups in total. The predicted molar refractivity (Wildman–Crippen MR) is 63.5 cm³/mol. The van der Waals surface area contributed by atoms with Crippen LogP contribution in [-0.4, -0.2) is 24.4 Å². The van der Waals surface area contributed by atoms with Gasteiger partial charge in [-0.1, -0.05) is 25.5 Å². The fourth-order valence-electron chi connectivity index (χ4n) is 2.61. The van der Waals surface area contributed by atoms with Gasteiger partial charge in [0, 0.05) is 20.5 Å². The van der Waals surface area contributed by atoms with Crippen molar-refractivity contribution in [1.82, 2.24) is 4.90 Å². The number of hydrogen-bond acceptors (Lipinski definition) is 1. The van der Waals surface area contributed by atoms with Gasteiger partial charge >= 0.3 is 0 Å². The van der Waals surface area contributed by atoms with Gasteiger partial charge in [0.25, 0.3) is 0 Å². The fourth-order valence-corrected chi connectivity index (χ4v) is 2.61. The SMILES string of the molecule is CC(=O)N(C)C[C@H]1[C@H](C)C=C(C)C[C@H]1C. The van der Waals surface area contributed by atoms with Crippen LogP contribution in [0.1, 0.15) is 34.1 Å². The molecule has 2 heteroatoms. The molecule has 0 heterocycles. The van der Waals surface area contributed by atoms with Crippen molar-refractivity contribution < 1.29 is 4.79 Å². The summed E-state index contributed by atoms with van der Waals surface area (Å²) in [6, 6.07) is 0. The molecule has 0 fully saturated rings. The van der Waals surface area contributed by atoms with Crippen molar-refractivity contribution in [3.63, 3.8) is 0 Å². The lowest BCUT2D eigenvalue weighted by Gasteiger charge is -2.35. The van der Waals surface area contributed by atoms with Gasteiger partial charge in [0.2, 0.25) is 5.91 Å². The number of carbonyl (C=O) groups is 1. The number of hydrogen-bond donors (Lipinski definition) is 0. The number of rotatable bonds is 2. The van der Waals surface area contributed by atoms with E-state index in [1.807, 2.05) is 11.9 Å². The van der Waals surface area contributed by atoms with Gasteiger partial charge in [0.1, 0.15) is 0 Å². The minimum Gasteiger partial charge on any atom is -0.346 e. The van der Waals surface area contributed by atoms with Crippen molar-refractivity contribution in [3.8, 4) is 0 Å². The molecule has 0 bridgehead atoms. The van der Waals surface area contributed by atoms with Crippen LogP contribution in [0.5, 0.6) is 0 Å². The van der Waals surface area contributed by atoms with E-state index in [0.29, 0.717) is 17.8 Å². The minimum absolute atomic E-state index is 0.167. The van der Waals surface area contributed by atoms with Crippen molar-refractivity contribution in [2.24, 2.45) is 17.8 Å². The molecule has 86 valence electrons. The molecule has 15 heavy (non-hydrogen) atoms. The Morgan fingerprint density at radius 3 is 2.60 bits per heavy atom. The summed E-state index contributed by atoms with van der Waals surface area (Å²) in [7, 11) is 1.90. The third kappa shape index (κ3) is 3.08. The molecule has 1 amide bonds. The van der Waals surface area contributed by atoms with Crippen LogP contribution in [-0.2, 0) is 4.79 Å². The van der Waals surface area contributed by atoms with Gasteiger partial charge in [0.15, 0.2) is 0 Å². The van der Waals surface area contributed by atoms with Crippen LogP contribution in [0.3, 0.4) is 0 Å². The molecular weight excluding hydrogens is 186 g/mol. The molecular formula is C13H23NO. The van der Waals surface area contributed by atoms with Crippen LogP contribution in [0.25, 0.3) is 0 Å². The molecule has 1 rings (SSSR count). The Morgan fingerprint density at radius 1 is 1.53 bits per heavy atom. The van der Waals surface area contributed by atoms with Crippen molar-refractivity contribution in [2.75, 3.05) is 13.6 Å². The van der Waals surface area contributed by atoms with E-state index < -0.39 is 0 Å². The van der Waals surface area contributed by atoms with E-state index in [0.717, 1.165) is 6.54 Å². The molecule has 0 unspecified atom stereocenters. The molecule has 0 radical (unpaired) electrons. The average molecular weight is 209 g/mol. The third-order valence-corrected chi connectivity index (χ3v) is 3.62. The Labute approximate surface area is 93.3 Å². The number of nitrogens with zero attached hydrogens (tertiary/aromatic N) is 1. The van der Waals surface area contributed by atoms with E-state index >= 15 is 0 Å². The zero-order valence-electron chi connectivity index (χ0n) is 10.6. The number of carbonyl (C=O) groups excluding carboxylic acids is 1. The molecule has 0 saturated carbocycles.